The predicted molar refractivity (Wildman–Crippen MR) is 74.3 cm³/mol. The molecule has 1 aliphatic heterocycles. The number of carbonyl (C=O) groups is 1. The van der Waals surface area contributed by atoms with Crippen LogP contribution in [-0.4, -0.2) is 37.5 Å². The van der Waals surface area contributed by atoms with E-state index in [9.17, 15) is 17.6 Å². The Bertz CT molecular complexity index is 631. The van der Waals surface area contributed by atoms with E-state index in [-0.39, 0.29) is 5.69 Å². The zero-order valence-electron chi connectivity index (χ0n) is 11.4. The van der Waals surface area contributed by atoms with Crippen LogP contribution in [0.2, 0.25) is 0 Å². The van der Waals surface area contributed by atoms with E-state index >= 15 is 0 Å². The molecule has 20 heavy (non-hydrogen) atoms. The zero-order chi connectivity index (χ0) is 14.9. The van der Waals surface area contributed by atoms with Gasteiger partial charge in [-0.05, 0) is 37.5 Å². The third kappa shape index (κ3) is 3.16. The van der Waals surface area contributed by atoms with E-state index in [1.807, 2.05) is 0 Å². The van der Waals surface area contributed by atoms with Gasteiger partial charge >= 0.3 is 0 Å². The van der Waals surface area contributed by atoms with Crippen LogP contribution in [0.5, 0.6) is 0 Å². The van der Waals surface area contributed by atoms with Crippen LogP contribution >= 0.6 is 0 Å². The van der Waals surface area contributed by atoms with E-state index in [1.165, 1.54) is 12.1 Å². The first-order valence-corrected chi connectivity index (χ1v) is 8.17. The van der Waals surface area contributed by atoms with Crippen LogP contribution in [0.25, 0.3) is 0 Å². The number of nitrogens with zero attached hydrogens (tertiary/aromatic N) is 1. The van der Waals surface area contributed by atoms with Crippen LogP contribution in [0.3, 0.4) is 0 Å². The van der Waals surface area contributed by atoms with Gasteiger partial charge < -0.3 is 5.32 Å². The van der Waals surface area contributed by atoms with Crippen molar-refractivity contribution in [2.75, 3.05) is 18.1 Å². The molecule has 0 aromatic heterocycles. The number of anilines is 1. The number of benzene rings is 1. The lowest BCUT2D eigenvalue weighted by Gasteiger charge is -2.21. The molecule has 1 atom stereocenters. The van der Waals surface area contributed by atoms with Crippen LogP contribution in [0.1, 0.15) is 18.4 Å². The second-order valence-corrected chi connectivity index (χ2v) is 6.94. The predicted octanol–water partition coefficient (Wildman–Crippen LogP) is 1.50. The summed E-state index contributed by atoms with van der Waals surface area (Å²) in [5.74, 6) is -1.02. The highest BCUT2D eigenvalue weighted by molar-refractivity contribution is 7.88. The number of hydrogen-bond donors (Lipinski definition) is 1. The third-order valence-corrected chi connectivity index (χ3v) is 4.60. The van der Waals surface area contributed by atoms with Crippen LogP contribution in [-0.2, 0) is 14.8 Å². The van der Waals surface area contributed by atoms with Crippen molar-refractivity contribution in [2.45, 2.75) is 25.8 Å². The fourth-order valence-corrected chi connectivity index (χ4v) is 3.46. The van der Waals surface area contributed by atoms with Crippen LogP contribution in [0, 0.1) is 12.7 Å². The average Bonchev–Trinajstić information content (AvgIpc) is 2.81. The van der Waals surface area contributed by atoms with Crippen LogP contribution < -0.4 is 5.32 Å². The fourth-order valence-electron chi connectivity index (χ4n) is 2.34. The highest BCUT2D eigenvalue weighted by Crippen LogP contribution is 2.23. The lowest BCUT2D eigenvalue weighted by atomic mass is 10.2. The summed E-state index contributed by atoms with van der Waals surface area (Å²) < 4.78 is 38.0. The topological polar surface area (TPSA) is 66.5 Å². The maximum Gasteiger partial charge on any atom is 0.242 e. The van der Waals surface area contributed by atoms with Gasteiger partial charge in [0.25, 0.3) is 0 Å². The Morgan fingerprint density at radius 3 is 2.75 bits per heavy atom. The zero-order valence-corrected chi connectivity index (χ0v) is 12.2. The first-order chi connectivity index (χ1) is 9.29. The van der Waals surface area contributed by atoms with E-state index in [0.717, 1.165) is 16.1 Å². The Morgan fingerprint density at radius 1 is 1.45 bits per heavy atom. The first kappa shape index (κ1) is 14.9. The molecular formula is C13H17FN2O3S. The standard InChI is InChI=1S/C13H17FN2O3S/c1-9-5-6-11(10(14)8-9)15-13(17)12-4-3-7-16(12)20(2,18)19/h5-6,8,12H,3-4,7H2,1-2H3,(H,15,17). The Hall–Kier alpha value is -1.47. The van der Waals surface area contributed by atoms with Crippen molar-refractivity contribution in [1.29, 1.82) is 0 Å². The van der Waals surface area contributed by atoms with Gasteiger partial charge in [0.15, 0.2) is 0 Å². The van der Waals surface area contributed by atoms with Gasteiger partial charge in [-0.3, -0.25) is 4.79 Å². The lowest BCUT2D eigenvalue weighted by Crippen LogP contribution is -2.42. The number of aryl methyl sites for hydroxylation is 1. The molecule has 0 aliphatic carbocycles. The Morgan fingerprint density at radius 2 is 2.15 bits per heavy atom. The van der Waals surface area contributed by atoms with E-state index in [2.05, 4.69) is 5.32 Å². The van der Waals surface area contributed by atoms with Gasteiger partial charge in [-0.15, -0.1) is 0 Å². The molecule has 1 aliphatic rings. The fraction of sp³-hybridized carbons (Fsp3) is 0.462. The average molecular weight is 300 g/mol. The smallest absolute Gasteiger partial charge is 0.242 e. The van der Waals surface area contributed by atoms with Gasteiger partial charge in [-0.1, -0.05) is 6.07 Å². The van der Waals surface area contributed by atoms with E-state index in [0.29, 0.717) is 19.4 Å². The van der Waals surface area contributed by atoms with E-state index in [1.54, 1.807) is 13.0 Å². The summed E-state index contributed by atoms with van der Waals surface area (Å²) in [6.45, 7) is 2.07. The minimum absolute atomic E-state index is 0.0703. The second-order valence-electron chi connectivity index (χ2n) is 5.00. The molecule has 0 bridgehead atoms. The van der Waals surface area contributed by atoms with Crippen molar-refractivity contribution in [3.05, 3.63) is 29.6 Å². The van der Waals surface area contributed by atoms with Gasteiger partial charge in [0.1, 0.15) is 11.9 Å². The summed E-state index contributed by atoms with van der Waals surface area (Å²) in [6, 6.07) is 3.72. The van der Waals surface area contributed by atoms with Gasteiger partial charge in [-0.25, -0.2) is 12.8 Å². The molecule has 1 N–H and O–H groups in total. The van der Waals surface area contributed by atoms with E-state index in [4.69, 9.17) is 0 Å². The molecule has 0 saturated carbocycles. The molecule has 5 nitrogen and oxygen atoms in total. The number of sulfonamides is 1. The molecule has 1 aromatic rings. The summed E-state index contributed by atoms with van der Waals surface area (Å²) in [5, 5.41) is 2.46. The summed E-state index contributed by atoms with van der Waals surface area (Å²) in [6.07, 6.45) is 2.15. The van der Waals surface area contributed by atoms with Crippen molar-refractivity contribution in [2.24, 2.45) is 0 Å². The lowest BCUT2D eigenvalue weighted by molar-refractivity contribution is -0.119. The summed E-state index contributed by atoms with van der Waals surface area (Å²) in [4.78, 5) is 12.1. The Kier molecular flexibility index (Phi) is 4.10. The van der Waals surface area contributed by atoms with Crippen molar-refractivity contribution < 1.29 is 17.6 Å². The number of hydrogen-bond acceptors (Lipinski definition) is 3. The molecule has 0 radical (unpaired) electrons. The highest BCUT2D eigenvalue weighted by atomic mass is 32.2. The Balaban J connectivity index is 2.16. The van der Waals surface area contributed by atoms with Crippen LogP contribution in [0.15, 0.2) is 18.2 Å². The molecule has 2 rings (SSSR count). The minimum atomic E-state index is -3.43. The van der Waals surface area contributed by atoms with Gasteiger partial charge in [0.05, 0.1) is 11.9 Å². The molecule has 1 saturated heterocycles. The number of rotatable bonds is 3. The summed E-state index contributed by atoms with van der Waals surface area (Å²) in [5.41, 5.74) is 0.820. The molecule has 1 unspecified atom stereocenters. The summed E-state index contributed by atoms with van der Waals surface area (Å²) >= 11 is 0. The normalized spacial score (nSPS) is 20.1. The monoisotopic (exact) mass is 300 g/mol. The van der Waals surface area contributed by atoms with Crippen molar-refractivity contribution in [1.82, 2.24) is 4.31 Å². The maximum atomic E-state index is 13.7. The van der Waals surface area contributed by atoms with Crippen molar-refractivity contribution in [3.63, 3.8) is 0 Å². The minimum Gasteiger partial charge on any atom is -0.322 e. The highest BCUT2D eigenvalue weighted by Gasteiger charge is 2.36. The Labute approximate surface area is 117 Å². The van der Waals surface area contributed by atoms with Crippen LogP contribution in [0.4, 0.5) is 10.1 Å². The van der Waals surface area contributed by atoms with Gasteiger partial charge in [-0.2, -0.15) is 4.31 Å². The molecule has 1 heterocycles. The van der Waals surface area contributed by atoms with Gasteiger partial charge in [0.2, 0.25) is 15.9 Å². The molecule has 1 fully saturated rings. The SMILES string of the molecule is Cc1ccc(NC(=O)C2CCCN2S(C)(=O)=O)c(F)c1. The number of nitrogens with one attached hydrogen (secondary N) is 1. The number of halogens is 1. The number of amides is 1. The van der Waals surface area contributed by atoms with Crippen molar-refractivity contribution >= 4 is 21.6 Å². The number of carbonyl (C=O) groups excluding carboxylic acids is 1. The molecule has 0 spiro atoms. The van der Waals surface area contributed by atoms with Gasteiger partial charge in [0, 0.05) is 6.54 Å². The molecule has 1 amide bonds. The van der Waals surface area contributed by atoms with Crippen molar-refractivity contribution in [3.8, 4) is 0 Å². The first-order valence-electron chi connectivity index (χ1n) is 6.33. The molecule has 110 valence electrons. The molecule has 7 heteroatoms. The quantitative estimate of drug-likeness (QED) is 0.920. The molecule has 1 aromatic carbocycles. The largest absolute Gasteiger partial charge is 0.322 e. The van der Waals surface area contributed by atoms with E-state index < -0.39 is 27.8 Å². The summed E-state index contributed by atoms with van der Waals surface area (Å²) in [7, 11) is -3.43. The third-order valence-electron chi connectivity index (χ3n) is 3.31. The second kappa shape index (κ2) is 5.49. The maximum absolute atomic E-state index is 13.7. The molecular weight excluding hydrogens is 283 g/mol.